The van der Waals surface area contributed by atoms with Crippen LogP contribution in [0.3, 0.4) is 0 Å². The first-order chi connectivity index (χ1) is 10.7. The van der Waals surface area contributed by atoms with E-state index < -0.39 is 0 Å². The molecule has 0 spiro atoms. The number of rotatable bonds is 4. The number of amides is 1. The summed E-state index contributed by atoms with van der Waals surface area (Å²) in [6.07, 6.45) is 6.08. The quantitative estimate of drug-likeness (QED) is 0.876. The van der Waals surface area contributed by atoms with Crippen LogP contribution in [0.25, 0.3) is 0 Å². The lowest BCUT2D eigenvalue weighted by Gasteiger charge is -2.05. The summed E-state index contributed by atoms with van der Waals surface area (Å²) in [7, 11) is 1.71. The fraction of sp³-hybridized carbons (Fsp3) is 0.353. The third-order valence-corrected chi connectivity index (χ3v) is 2.67. The minimum Gasteiger partial charge on any atom is -0.496 e. The molecule has 0 radical (unpaired) electrons. The molecule has 0 aliphatic rings. The molecule has 0 aliphatic heterocycles. The summed E-state index contributed by atoms with van der Waals surface area (Å²) >= 11 is 0. The molecule has 120 valence electrons. The highest BCUT2D eigenvalue weighted by atomic mass is 16.5. The van der Waals surface area contributed by atoms with Crippen molar-refractivity contribution in [3.05, 3.63) is 48.0 Å². The van der Waals surface area contributed by atoms with E-state index in [1.165, 1.54) is 29.8 Å². The molecule has 0 fully saturated rings. The summed E-state index contributed by atoms with van der Waals surface area (Å²) in [5.74, 6) is 0.990. The standard InChI is InChI=1S/C10H14O.C5H5N3O.C2H6/c1-4-9-6-5-8(2)10(7-9)11-3;9-4-8-5-1-6-3-7-2-5;1-2/h5-7H,4H2,1-3H3;1-4H,(H,8,9);1-2H3. The van der Waals surface area contributed by atoms with Crippen molar-refractivity contribution in [2.24, 2.45) is 0 Å². The Morgan fingerprint density at radius 3 is 2.36 bits per heavy atom. The fourth-order valence-corrected chi connectivity index (χ4v) is 1.53. The van der Waals surface area contributed by atoms with Gasteiger partial charge < -0.3 is 10.1 Å². The molecule has 0 aliphatic carbocycles. The molecule has 5 heteroatoms. The second-order valence-corrected chi connectivity index (χ2v) is 4.05. The van der Waals surface area contributed by atoms with Crippen LogP contribution in [0.15, 0.2) is 36.9 Å². The summed E-state index contributed by atoms with van der Waals surface area (Å²) in [5.41, 5.74) is 3.13. The zero-order valence-corrected chi connectivity index (χ0v) is 14.0. The van der Waals surface area contributed by atoms with Gasteiger partial charge in [-0.25, -0.2) is 9.97 Å². The van der Waals surface area contributed by atoms with E-state index in [1.807, 2.05) is 13.8 Å². The lowest BCUT2D eigenvalue weighted by molar-refractivity contribution is -0.105. The van der Waals surface area contributed by atoms with E-state index in [-0.39, 0.29) is 0 Å². The number of aryl methyl sites for hydroxylation is 2. The van der Waals surface area contributed by atoms with Crippen LogP contribution in [0.2, 0.25) is 0 Å². The van der Waals surface area contributed by atoms with E-state index in [9.17, 15) is 4.79 Å². The van der Waals surface area contributed by atoms with Gasteiger partial charge in [0.1, 0.15) is 12.1 Å². The van der Waals surface area contributed by atoms with Crippen molar-refractivity contribution in [3.63, 3.8) is 0 Å². The number of hydrogen-bond acceptors (Lipinski definition) is 4. The Balaban J connectivity index is 0.000000366. The monoisotopic (exact) mass is 303 g/mol. The van der Waals surface area contributed by atoms with Gasteiger partial charge in [0.2, 0.25) is 6.41 Å². The van der Waals surface area contributed by atoms with Crippen LogP contribution in [0, 0.1) is 6.92 Å². The number of aromatic nitrogens is 2. The van der Waals surface area contributed by atoms with Crippen molar-refractivity contribution in [1.29, 1.82) is 0 Å². The van der Waals surface area contributed by atoms with Gasteiger partial charge in [-0.2, -0.15) is 0 Å². The van der Waals surface area contributed by atoms with Gasteiger partial charge in [0, 0.05) is 0 Å². The van der Waals surface area contributed by atoms with Gasteiger partial charge in [0.25, 0.3) is 0 Å². The van der Waals surface area contributed by atoms with E-state index in [2.05, 4.69) is 47.3 Å². The average Bonchev–Trinajstić information content (AvgIpc) is 2.59. The largest absolute Gasteiger partial charge is 0.496 e. The first kappa shape index (κ1) is 19.6. The van der Waals surface area contributed by atoms with E-state index in [4.69, 9.17) is 4.74 Å². The molecule has 0 atom stereocenters. The van der Waals surface area contributed by atoms with Crippen LogP contribution in [0.4, 0.5) is 5.69 Å². The van der Waals surface area contributed by atoms with Gasteiger partial charge >= 0.3 is 0 Å². The number of nitrogens with one attached hydrogen (secondary N) is 1. The van der Waals surface area contributed by atoms with E-state index in [1.54, 1.807) is 7.11 Å². The summed E-state index contributed by atoms with van der Waals surface area (Å²) in [5, 5.41) is 2.40. The maximum atomic E-state index is 9.81. The molecule has 1 N–H and O–H groups in total. The van der Waals surface area contributed by atoms with Crippen molar-refractivity contribution in [3.8, 4) is 5.75 Å². The summed E-state index contributed by atoms with van der Waals surface area (Å²) in [4.78, 5) is 17.1. The number of anilines is 1. The summed E-state index contributed by atoms with van der Waals surface area (Å²) in [6.45, 7) is 8.20. The molecule has 0 bridgehead atoms. The highest BCUT2D eigenvalue weighted by molar-refractivity contribution is 5.69. The number of hydrogen-bond donors (Lipinski definition) is 1. The smallest absolute Gasteiger partial charge is 0.211 e. The fourth-order valence-electron chi connectivity index (χ4n) is 1.53. The van der Waals surface area contributed by atoms with Gasteiger partial charge in [0.15, 0.2) is 0 Å². The van der Waals surface area contributed by atoms with Gasteiger partial charge in [-0.3, -0.25) is 4.79 Å². The molecule has 1 heterocycles. The molecule has 22 heavy (non-hydrogen) atoms. The van der Waals surface area contributed by atoms with E-state index in [0.717, 1.165) is 12.2 Å². The second-order valence-electron chi connectivity index (χ2n) is 4.05. The molecular weight excluding hydrogens is 278 g/mol. The Kier molecular flexibility index (Phi) is 11.0. The van der Waals surface area contributed by atoms with Crippen molar-refractivity contribution < 1.29 is 9.53 Å². The first-order valence-electron chi connectivity index (χ1n) is 7.30. The maximum Gasteiger partial charge on any atom is 0.211 e. The predicted octanol–water partition coefficient (Wildman–Crippen LogP) is 3.64. The number of nitrogens with zero attached hydrogens (tertiary/aromatic N) is 2. The molecule has 5 nitrogen and oxygen atoms in total. The highest BCUT2D eigenvalue weighted by Crippen LogP contribution is 2.18. The van der Waals surface area contributed by atoms with Crippen molar-refractivity contribution >= 4 is 12.1 Å². The molecule has 2 aromatic rings. The number of carbonyl (C=O) groups excluding carboxylic acids is 1. The van der Waals surface area contributed by atoms with Gasteiger partial charge in [-0.1, -0.05) is 32.9 Å². The minimum absolute atomic E-state index is 0.582. The summed E-state index contributed by atoms with van der Waals surface area (Å²) in [6, 6.07) is 6.32. The highest BCUT2D eigenvalue weighted by Gasteiger charge is 1.97. The topological polar surface area (TPSA) is 64.1 Å². The van der Waals surface area contributed by atoms with Crippen molar-refractivity contribution in [2.45, 2.75) is 34.1 Å². The second kappa shape index (κ2) is 12.3. The summed E-state index contributed by atoms with van der Waals surface area (Å²) < 4.78 is 5.19. The van der Waals surface area contributed by atoms with Gasteiger partial charge in [-0.05, 0) is 30.5 Å². The molecule has 1 amide bonds. The van der Waals surface area contributed by atoms with Crippen LogP contribution in [-0.4, -0.2) is 23.5 Å². The Bertz CT molecular complexity index is 531. The van der Waals surface area contributed by atoms with Crippen LogP contribution in [-0.2, 0) is 11.2 Å². The lowest BCUT2D eigenvalue weighted by atomic mass is 10.1. The third kappa shape index (κ3) is 7.38. The van der Waals surface area contributed by atoms with E-state index in [0.29, 0.717) is 12.1 Å². The van der Waals surface area contributed by atoms with Crippen LogP contribution < -0.4 is 10.1 Å². The normalized spacial score (nSPS) is 8.59. The van der Waals surface area contributed by atoms with Gasteiger partial charge in [0.05, 0.1) is 25.2 Å². The van der Waals surface area contributed by atoms with Crippen molar-refractivity contribution in [2.75, 3.05) is 12.4 Å². The molecule has 1 aromatic heterocycles. The minimum atomic E-state index is 0.582. The molecule has 0 saturated carbocycles. The third-order valence-electron chi connectivity index (χ3n) is 2.67. The maximum absolute atomic E-state index is 9.81. The van der Waals surface area contributed by atoms with Crippen LogP contribution in [0.5, 0.6) is 5.75 Å². The molecule has 0 saturated heterocycles. The molecule has 0 unspecified atom stereocenters. The zero-order chi connectivity index (χ0) is 16.8. The van der Waals surface area contributed by atoms with Crippen LogP contribution in [0.1, 0.15) is 31.9 Å². The first-order valence-corrected chi connectivity index (χ1v) is 7.30. The van der Waals surface area contributed by atoms with Crippen LogP contribution >= 0.6 is 0 Å². The SMILES string of the molecule is CC.CCc1ccc(C)c(OC)c1.O=CNc1cncnc1. The number of methoxy groups -OCH3 is 1. The number of benzene rings is 1. The number of carbonyl (C=O) groups is 1. The Morgan fingerprint density at radius 2 is 1.86 bits per heavy atom. The molecule has 1 aromatic carbocycles. The number of ether oxygens (including phenoxy) is 1. The van der Waals surface area contributed by atoms with Gasteiger partial charge in [-0.15, -0.1) is 0 Å². The Morgan fingerprint density at radius 1 is 1.23 bits per heavy atom. The lowest BCUT2D eigenvalue weighted by Crippen LogP contribution is -1.93. The average molecular weight is 303 g/mol. The molecular formula is C17H25N3O2. The Labute approximate surface area is 132 Å². The van der Waals surface area contributed by atoms with E-state index >= 15 is 0 Å². The molecule has 2 rings (SSSR count). The predicted molar refractivity (Wildman–Crippen MR) is 90.2 cm³/mol. The van der Waals surface area contributed by atoms with Crippen molar-refractivity contribution in [1.82, 2.24) is 9.97 Å². The zero-order valence-electron chi connectivity index (χ0n) is 14.0. The Hall–Kier alpha value is -2.43.